The molecule has 3 nitrogen and oxygen atoms in total. The lowest BCUT2D eigenvalue weighted by Crippen LogP contribution is -2.31. The summed E-state index contributed by atoms with van der Waals surface area (Å²) in [4.78, 5) is 0. The first-order valence-electron chi connectivity index (χ1n) is 3.73. The molecular weight excluding hydrogens is 130 g/mol. The van der Waals surface area contributed by atoms with Gasteiger partial charge in [-0.05, 0) is 6.42 Å². The number of hydrogen-bond acceptors (Lipinski definition) is 3. The Morgan fingerprint density at radius 2 is 2.60 bits per heavy atom. The van der Waals surface area contributed by atoms with Crippen molar-refractivity contribution in [2.75, 3.05) is 33.5 Å². The van der Waals surface area contributed by atoms with Crippen LogP contribution in [-0.4, -0.2) is 39.5 Å². The summed E-state index contributed by atoms with van der Waals surface area (Å²) in [6, 6.07) is 0.565. The van der Waals surface area contributed by atoms with E-state index < -0.39 is 0 Å². The van der Waals surface area contributed by atoms with Crippen LogP contribution in [-0.2, 0) is 9.47 Å². The summed E-state index contributed by atoms with van der Waals surface area (Å²) in [5.41, 5.74) is 0. The molecule has 10 heavy (non-hydrogen) atoms. The zero-order chi connectivity index (χ0) is 7.23. The highest BCUT2D eigenvalue weighted by Gasteiger charge is 2.13. The number of ether oxygens (including phenoxy) is 2. The summed E-state index contributed by atoms with van der Waals surface area (Å²) in [5.74, 6) is 0. The Bertz CT molecular complexity index is 81.7. The molecule has 1 rings (SSSR count). The van der Waals surface area contributed by atoms with Crippen molar-refractivity contribution in [2.24, 2.45) is 0 Å². The zero-order valence-corrected chi connectivity index (χ0v) is 6.43. The van der Waals surface area contributed by atoms with E-state index in [4.69, 9.17) is 9.47 Å². The minimum absolute atomic E-state index is 0.565. The number of rotatable bonds is 4. The lowest BCUT2D eigenvalue weighted by atomic mass is 10.3. The molecule has 1 atom stereocenters. The van der Waals surface area contributed by atoms with E-state index in [0.29, 0.717) is 6.04 Å². The summed E-state index contributed by atoms with van der Waals surface area (Å²) in [6.45, 7) is 3.50. The third kappa shape index (κ3) is 2.64. The molecular formula is C7H15NO2. The van der Waals surface area contributed by atoms with Gasteiger partial charge in [0.1, 0.15) is 0 Å². The molecule has 0 saturated carbocycles. The van der Waals surface area contributed by atoms with Gasteiger partial charge < -0.3 is 14.8 Å². The average Bonchev–Trinajstić information content (AvgIpc) is 2.41. The quantitative estimate of drug-likeness (QED) is 0.565. The van der Waals surface area contributed by atoms with E-state index in [0.717, 1.165) is 32.8 Å². The average molecular weight is 145 g/mol. The molecule has 1 heterocycles. The van der Waals surface area contributed by atoms with E-state index in [1.165, 1.54) is 0 Å². The second-order valence-electron chi connectivity index (χ2n) is 2.51. The summed E-state index contributed by atoms with van der Waals surface area (Å²) < 4.78 is 10.1. The molecule has 3 heteroatoms. The Morgan fingerprint density at radius 1 is 1.70 bits per heavy atom. The highest BCUT2D eigenvalue weighted by molar-refractivity contribution is 4.70. The Hall–Kier alpha value is -0.120. The highest BCUT2D eigenvalue weighted by Crippen LogP contribution is 2.01. The summed E-state index contributed by atoms with van der Waals surface area (Å²) >= 11 is 0. The van der Waals surface area contributed by atoms with Crippen LogP contribution in [0, 0.1) is 0 Å². The van der Waals surface area contributed by atoms with Crippen LogP contribution in [0.1, 0.15) is 6.42 Å². The Morgan fingerprint density at radius 3 is 3.20 bits per heavy atom. The minimum Gasteiger partial charge on any atom is -0.383 e. The van der Waals surface area contributed by atoms with E-state index in [9.17, 15) is 0 Å². The van der Waals surface area contributed by atoms with Gasteiger partial charge in [-0.2, -0.15) is 0 Å². The lowest BCUT2D eigenvalue weighted by molar-refractivity contribution is 0.179. The molecule has 0 aromatic heterocycles. The van der Waals surface area contributed by atoms with Crippen molar-refractivity contribution in [3.8, 4) is 0 Å². The van der Waals surface area contributed by atoms with Crippen LogP contribution in [0.2, 0.25) is 0 Å². The molecule has 1 aliphatic heterocycles. The van der Waals surface area contributed by atoms with Crippen molar-refractivity contribution in [2.45, 2.75) is 12.5 Å². The highest BCUT2D eigenvalue weighted by atomic mass is 16.5. The summed E-state index contributed by atoms with van der Waals surface area (Å²) in [5, 5.41) is 3.33. The van der Waals surface area contributed by atoms with Crippen LogP contribution in [0.5, 0.6) is 0 Å². The molecule has 0 bridgehead atoms. The van der Waals surface area contributed by atoms with Crippen molar-refractivity contribution in [3.63, 3.8) is 0 Å². The lowest BCUT2D eigenvalue weighted by Gasteiger charge is -2.08. The van der Waals surface area contributed by atoms with Gasteiger partial charge in [0.15, 0.2) is 0 Å². The van der Waals surface area contributed by atoms with Crippen LogP contribution in [0.3, 0.4) is 0 Å². The van der Waals surface area contributed by atoms with E-state index >= 15 is 0 Å². The smallest absolute Gasteiger partial charge is 0.0620 e. The molecule has 0 aromatic carbocycles. The molecule has 0 amide bonds. The van der Waals surface area contributed by atoms with Gasteiger partial charge in [0.05, 0.1) is 13.2 Å². The van der Waals surface area contributed by atoms with Crippen molar-refractivity contribution >= 4 is 0 Å². The Balaban J connectivity index is 1.91. The van der Waals surface area contributed by atoms with E-state index in [1.807, 2.05) is 0 Å². The topological polar surface area (TPSA) is 30.5 Å². The molecule has 1 aliphatic rings. The molecule has 1 saturated heterocycles. The van der Waals surface area contributed by atoms with Gasteiger partial charge in [-0.15, -0.1) is 0 Å². The normalized spacial score (nSPS) is 25.5. The van der Waals surface area contributed by atoms with Crippen LogP contribution < -0.4 is 5.32 Å². The predicted octanol–water partition coefficient (Wildman–Crippen LogP) is 0.0113. The molecule has 0 aliphatic carbocycles. The fraction of sp³-hybridized carbons (Fsp3) is 1.00. The summed E-state index contributed by atoms with van der Waals surface area (Å²) in [7, 11) is 1.72. The molecule has 0 spiro atoms. The Kier molecular flexibility index (Phi) is 3.72. The molecule has 1 N–H and O–H groups in total. The van der Waals surface area contributed by atoms with Gasteiger partial charge in [-0.3, -0.25) is 0 Å². The predicted molar refractivity (Wildman–Crippen MR) is 39.1 cm³/mol. The molecule has 0 unspecified atom stereocenters. The van der Waals surface area contributed by atoms with Crippen LogP contribution in [0.4, 0.5) is 0 Å². The largest absolute Gasteiger partial charge is 0.383 e. The third-order valence-corrected chi connectivity index (χ3v) is 1.67. The fourth-order valence-electron chi connectivity index (χ4n) is 1.06. The maximum Gasteiger partial charge on any atom is 0.0620 e. The summed E-state index contributed by atoms with van der Waals surface area (Å²) in [6.07, 6.45) is 1.14. The minimum atomic E-state index is 0.565. The monoisotopic (exact) mass is 145 g/mol. The number of hydrogen-bond donors (Lipinski definition) is 1. The molecule has 60 valence electrons. The third-order valence-electron chi connectivity index (χ3n) is 1.67. The van der Waals surface area contributed by atoms with Gasteiger partial charge in [-0.25, -0.2) is 0 Å². The van der Waals surface area contributed by atoms with Gasteiger partial charge >= 0.3 is 0 Å². The van der Waals surface area contributed by atoms with Gasteiger partial charge in [0.25, 0.3) is 0 Å². The second-order valence-corrected chi connectivity index (χ2v) is 2.51. The Labute approximate surface area is 61.7 Å². The van der Waals surface area contributed by atoms with Gasteiger partial charge in [0.2, 0.25) is 0 Å². The van der Waals surface area contributed by atoms with Crippen molar-refractivity contribution in [3.05, 3.63) is 0 Å². The van der Waals surface area contributed by atoms with Crippen molar-refractivity contribution in [1.29, 1.82) is 0 Å². The first-order valence-corrected chi connectivity index (χ1v) is 3.73. The maximum atomic E-state index is 5.18. The molecule has 0 radical (unpaired) electrons. The zero-order valence-electron chi connectivity index (χ0n) is 6.43. The van der Waals surface area contributed by atoms with Crippen molar-refractivity contribution < 1.29 is 9.47 Å². The van der Waals surface area contributed by atoms with Crippen molar-refractivity contribution in [1.82, 2.24) is 5.32 Å². The maximum absolute atomic E-state index is 5.18. The standard InChI is InChI=1S/C7H15NO2/c1-9-5-3-8-7-2-4-10-6-7/h7-8H,2-6H2,1H3/t7-/m0/s1. The van der Waals surface area contributed by atoms with Crippen LogP contribution >= 0.6 is 0 Å². The first-order chi connectivity index (χ1) is 4.93. The number of nitrogens with one attached hydrogen (secondary N) is 1. The van der Waals surface area contributed by atoms with Crippen LogP contribution in [0.15, 0.2) is 0 Å². The number of methoxy groups -OCH3 is 1. The van der Waals surface area contributed by atoms with E-state index in [1.54, 1.807) is 7.11 Å². The first kappa shape index (κ1) is 7.98. The molecule has 1 fully saturated rings. The van der Waals surface area contributed by atoms with Gasteiger partial charge in [0, 0.05) is 26.3 Å². The van der Waals surface area contributed by atoms with Gasteiger partial charge in [-0.1, -0.05) is 0 Å². The molecule has 0 aromatic rings. The fourth-order valence-corrected chi connectivity index (χ4v) is 1.06. The van der Waals surface area contributed by atoms with E-state index in [2.05, 4.69) is 5.32 Å². The van der Waals surface area contributed by atoms with E-state index in [-0.39, 0.29) is 0 Å². The SMILES string of the molecule is COCCN[C@H]1CCOC1. The van der Waals surface area contributed by atoms with Crippen LogP contribution in [0.25, 0.3) is 0 Å². The second kappa shape index (κ2) is 4.66.